The van der Waals surface area contributed by atoms with Gasteiger partial charge in [0.1, 0.15) is 0 Å². The van der Waals surface area contributed by atoms with Crippen molar-refractivity contribution in [1.82, 2.24) is 15.2 Å². The molecule has 2 aromatic carbocycles. The number of aromatic nitrogens is 3. The summed E-state index contributed by atoms with van der Waals surface area (Å²) in [6.45, 7) is 5.83. The molecule has 0 aliphatic carbocycles. The lowest BCUT2D eigenvalue weighted by Crippen LogP contribution is -2.14. The van der Waals surface area contributed by atoms with Crippen molar-refractivity contribution in [3.8, 4) is 11.4 Å². The number of rotatable bonds is 8. The van der Waals surface area contributed by atoms with E-state index >= 15 is 0 Å². The summed E-state index contributed by atoms with van der Waals surface area (Å²) in [5.74, 6) is 0.645. The largest absolute Gasteiger partial charge is 0.326 e. The number of carbonyl (C=O) groups excluding carboxylic acids is 2. The van der Waals surface area contributed by atoms with Gasteiger partial charge in [-0.05, 0) is 44.5 Å². The zero-order chi connectivity index (χ0) is 20.8. The molecule has 0 fully saturated rings. The molecule has 1 aromatic heterocycles. The van der Waals surface area contributed by atoms with Crippen molar-refractivity contribution >= 4 is 29.1 Å². The van der Waals surface area contributed by atoms with E-state index in [1.54, 1.807) is 24.3 Å². The molecule has 1 amide bonds. The van der Waals surface area contributed by atoms with Crippen molar-refractivity contribution in [1.29, 1.82) is 0 Å². The Morgan fingerprint density at radius 2 is 1.79 bits per heavy atom. The van der Waals surface area contributed by atoms with Crippen molar-refractivity contribution in [2.45, 2.75) is 44.0 Å². The molecule has 2 N–H and O–H groups in total. The first-order chi connectivity index (χ1) is 14.0. The maximum atomic E-state index is 12.7. The van der Waals surface area contributed by atoms with E-state index in [9.17, 15) is 9.59 Å². The molecule has 7 heteroatoms. The summed E-state index contributed by atoms with van der Waals surface area (Å²) in [5.41, 5.74) is 3.41. The molecule has 0 spiro atoms. The summed E-state index contributed by atoms with van der Waals surface area (Å²) in [6.07, 6.45) is 1.28. The van der Waals surface area contributed by atoms with Gasteiger partial charge in [0.2, 0.25) is 11.1 Å². The molecular formula is C22H24N4O2S. The predicted molar refractivity (Wildman–Crippen MR) is 116 cm³/mol. The summed E-state index contributed by atoms with van der Waals surface area (Å²) in [6, 6.07) is 15.0. The second-order valence-electron chi connectivity index (χ2n) is 6.83. The fourth-order valence-corrected chi connectivity index (χ4v) is 3.56. The third kappa shape index (κ3) is 5.54. The molecule has 1 heterocycles. The number of hydrogen-bond acceptors (Lipinski definition) is 5. The number of thioether (sulfide) groups is 1. The van der Waals surface area contributed by atoms with Crippen molar-refractivity contribution in [2.24, 2.45) is 0 Å². The molecule has 6 nitrogen and oxygen atoms in total. The number of anilines is 1. The maximum Gasteiger partial charge on any atom is 0.224 e. The second kappa shape index (κ2) is 9.52. The van der Waals surface area contributed by atoms with Gasteiger partial charge in [0, 0.05) is 23.2 Å². The van der Waals surface area contributed by atoms with E-state index in [4.69, 9.17) is 0 Å². The number of H-pyrrole nitrogens is 1. The molecule has 1 unspecified atom stereocenters. The summed E-state index contributed by atoms with van der Waals surface area (Å²) >= 11 is 1.31. The van der Waals surface area contributed by atoms with Crippen LogP contribution >= 0.6 is 11.8 Å². The molecule has 1 atom stereocenters. The van der Waals surface area contributed by atoms with E-state index in [2.05, 4.69) is 20.5 Å². The Labute approximate surface area is 174 Å². The minimum atomic E-state index is -0.336. The molecule has 3 aromatic rings. The fraction of sp³-hybridized carbons (Fsp3) is 0.273. The van der Waals surface area contributed by atoms with E-state index in [-0.39, 0.29) is 16.9 Å². The Morgan fingerprint density at radius 1 is 1.10 bits per heavy atom. The van der Waals surface area contributed by atoms with Crippen LogP contribution in [0.1, 0.15) is 42.6 Å². The van der Waals surface area contributed by atoms with Crippen LogP contribution in [0.25, 0.3) is 11.4 Å². The van der Waals surface area contributed by atoms with Gasteiger partial charge < -0.3 is 5.32 Å². The monoisotopic (exact) mass is 408 g/mol. The molecule has 0 bridgehead atoms. The third-order valence-electron chi connectivity index (χ3n) is 4.37. The molecule has 0 aliphatic heterocycles. The Kier molecular flexibility index (Phi) is 6.82. The fourth-order valence-electron chi connectivity index (χ4n) is 2.75. The quantitative estimate of drug-likeness (QED) is 0.410. The van der Waals surface area contributed by atoms with Gasteiger partial charge in [-0.1, -0.05) is 48.5 Å². The Bertz CT molecular complexity index is 981. The number of Topliss-reactive ketones (excluding diaryl/α,β-unsaturated/α-hetero) is 1. The van der Waals surface area contributed by atoms with Crippen LogP contribution in [-0.4, -0.2) is 32.1 Å². The smallest absolute Gasteiger partial charge is 0.224 e. The molecular weight excluding hydrogens is 384 g/mol. The molecule has 150 valence electrons. The minimum absolute atomic E-state index is 0.0110. The molecule has 0 radical (unpaired) electrons. The first kappa shape index (κ1) is 20.8. The number of nitrogens with one attached hydrogen (secondary N) is 2. The van der Waals surface area contributed by atoms with Crippen LogP contribution in [0.3, 0.4) is 0 Å². The third-order valence-corrected chi connectivity index (χ3v) is 5.33. The normalized spacial score (nSPS) is 11.8. The molecule has 3 rings (SSSR count). The van der Waals surface area contributed by atoms with Crippen LogP contribution in [0.4, 0.5) is 5.69 Å². The lowest BCUT2D eigenvalue weighted by atomic mass is 10.1. The van der Waals surface area contributed by atoms with Crippen LogP contribution in [0, 0.1) is 6.92 Å². The van der Waals surface area contributed by atoms with Gasteiger partial charge in [-0.2, -0.15) is 0 Å². The summed E-state index contributed by atoms with van der Waals surface area (Å²) in [4.78, 5) is 28.9. The Morgan fingerprint density at radius 3 is 2.45 bits per heavy atom. The van der Waals surface area contributed by atoms with E-state index in [1.165, 1.54) is 17.3 Å². The number of carbonyl (C=O) groups is 2. The van der Waals surface area contributed by atoms with Crippen LogP contribution in [0.2, 0.25) is 0 Å². The average molecular weight is 409 g/mol. The number of nitrogens with zero attached hydrogens (tertiary/aromatic N) is 2. The number of ketones is 1. The van der Waals surface area contributed by atoms with Gasteiger partial charge in [0.25, 0.3) is 0 Å². The van der Waals surface area contributed by atoms with E-state index in [1.807, 2.05) is 45.0 Å². The van der Waals surface area contributed by atoms with Gasteiger partial charge >= 0.3 is 0 Å². The lowest BCUT2D eigenvalue weighted by Gasteiger charge is -2.09. The molecule has 0 saturated heterocycles. The average Bonchev–Trinajstić information content (AvgIpc) is 3.17. The first-order valence-electron chi connectivity index (χ1n) is 9.56. The van der Waals surface area contributed by atoms with E-state index in [0.29, 0.717) is 28.7 Å². The van der Waals surface area contributed by atoms with Crippen LogP contribution < -0.4 is 5.32 Å². The highest BCUT2D eigenvalue weighted by Crippen LogP contribution is 2.25. The predicted octanol–water partition coefficient (Wildman–Crippen LogP) is 4.88. The number of aromatic amines is 1. The highest BCUT2D eigenvalue weighted by atomic mass is 32.2. The minimum Gasteiger partial charge on any atom is -0.326 e. The lowest BCUT2D eigenvalue weighted by molar-refractivity contribution is -0.116. The number of amides is 1. The SMILES string of the molecule is CCCC(=O)Nc1ccc(C(=O)C(C)Sc2n[nH]c(-c3ccc(C)cc3)n2)cc1. The van der Waals surface area contributed by atoms with Crippen LogP contribution in [0.15, 0.2) is 53.7 Å². The zero-order valence-corrected chi connectivity index (χ0v) is 17.5. The molecule has 29 heavy (non-hydrogen) atoms. The Balaban J connectivity index is 1.62. The van der Waals surface area contributed by atoms with Crippen LogP contribution in [-0.2, 0) is 4.79 Å². The highest BCUT2D eigenvalue weighted by Gasteiger charge is 2.19. The van der Waals surface area contributed by atoms with Gasteiger partial charge in [-0.15, -0.1) is 5.10 Å². The van der Waals surface area contributed by atoms with Gasteiger partial charge in [0.05, 0.1) is 5.25 Å². The van der Waals surface area contributed by atoms with Gasteiger partial charge in [-0.25, -0.2) is 4.98 Å². The maximum absolute atomic E-state index is 12.7. The van der Waals surface area contributed by atoms with E-state index in [0.717, 1.165) is 12.0 Å². The standard InChI is InChI=1S/C22H24N4O2S/c1-4-5-19(27)23-18-12-10-16(11-13-18)20(28)15(3)29-22-24-21(25-26-22)17-8-6-14(2)7-9-17/h6-13,15H,4-5H2,1-3H3,(H,23,27)(H,24,25,26). The zero-order valence-electron chi connectivity index (χ0n) is 16.7. The topological polar surface area (TPSA) is 87.7 Å². The summed E-state index contributed by atoms with van der Waals surface area (Å²) in [5, 5.41) is 10.2. The van der Waals surface area contributed by atoms with Crippen molar-refractivity contribution in [2.75, 3.05) is 5.32 Å². The van der Waals surface area contributed by atoms with Crippen molar-refractivity contribution in [3.63, 3.8) is 0 Å². The summed E-state index contributed by atoms with van der Waals surface area (Å²) < 4.78 is 0. The Hall–Kier alpha value is -2.93. The highest BCUT2D eigenvalue weighted by molar-refractivity contribution is 8.00. The molecule has 0 aliphatic rings. The van der Waals surface area contributed by atoms with Crippen LogP contribution in [0.5, 0.6) is 0 Å². The number of aryl methyl sites for hydroxylation is 1. The number of benzene rings is 2. The van der Waals surface area contributed by atoms with Gasteiger partial charge in [-0.3, -0.25) is 14.7 Å². The van der Waals surface area contributed by atoms with Gasteiger partial charge in [0.15, 0.2) is 11.6 Å². The molecule has 0 saturated carbocycles. The summed E-state index contributed by atoms with van der Waals surface area (Å²) in [7, 11) is 0. The van der Waals surface area contributed by atoms with Crippen molar-refractivity contribution in [3.05, 3.63) is 59.7 Å². The van der Waals surface area contributed by atoms with E-state index < -0.39 is 0 Å². The van der Waals surface area contributed by atoms with Crippen molar-refractivity contribution < 1.29 is 9.59 Å². The first-order valence-corrected chi connectivity index (χ1v) is 10.4. The second-order valence-corrected chi connectivity index (χ2v) is 8.14. The number of hydrogen-bond donors (Lipinski definition) is 2.